The Balaban J connectivity index is 2.86. The van der Waals surface area contributed by atoms with Crippen molar-refractivity contribution in [3.05, 3.63) is 32.3 Å². The molecule has 5 nitrogen and oxygen atoms in total. The van der Waals surface area contributed by atoms with E-state index in [1.165, 1.54) is 6.07 Å². The molecule has 0 aliphatic carbocycles. The number of benzene rings is 1. The molecule has 0 amide bonds. The van der Waals surface area contributed by atoms with Gasteiger partial charge in [0.05, 0.1) is 10.5 Å². The Morgan fingerprint density at radius 1 is 1.47 bits per heavy atom. The van der Waals surface area contributed by atoms with Gasteiger partial charge >= 0.3 is 0 Å². The SMILES string of the molecule is CCOC(C)(C)CNc1cc(C)c([N+](=O)[O-])cc1Br. The molecule has 1 aromatic carbocycles. The van der Waals surface area contributed by atoms with Gasteiger partial charge in [-0.15, -0.1) is 0 Å². The van der Waals surface area contributed by atoms with Crippen LogP contribution in [0.4, 0.5) is 11.4 Å². The molecule has 0 atom stereocenters. The van der Waals surface area contributed by atoms with Crippen LogP contribution in [0.25, 0.3) is 0 Å². The first-order chi connectivity index (χ1) is 8.76. The van der Waals surface area contributed by atoms with Crippen molar-refractivity contribution in [1.82, 2.24) is 0 Å². The van der Waals surface area contributed by atoms with Crippen molar-refractivity contribution < 1.29 is 9.66 Å². The van der Waals surface area contributed by atoms with Crippen LogP contribution in [0, 0.1) is 17.0 Å². The normalized spacial score (nSPS) is 11.4. The van der Waals surface area contributed by atoms with Crippen molar-refractivity contribution in [2.45, 2.75) is 33.3 Å². The Morgan fingerprint density at radius 3 is 2.63 bits per heavy atom. The number of hydrogen-bond donors (Lipinski definition) is 1. The lowest BCUT2D eigenvalue weighted by Crippen LogP contribution is -2.33. The molecule has 0 aromatic heterocycles. The number of nitro groups is 1. The Bertz CT molecular complexity index is 475. The van der Waals surface area contributed by atoms with Crippen molar-refractivity contribution in [2.24, 2.45) is 0 Å². The minimum absolute atomic E-state index is 0.112. The van der Waals surface area contributed by atoms with E-state index in [9.17, 15) is 10.1 Å². The lowest BCUT2D eigenvalue weighted by Gasteiger charge is -2.25. The van der Waals surface area contributed by atoms with Crippen molar-refractivity contribution >= 4 is 27.3 Å². The lowest BCUT2D eigenvalue weighted by atomic mass is 10.1. The van der Waals surface area contributed by atoms with Gasteiger partial charge in [-0.05, 0) is 49.7 Å². The Labute approximate surface area is 121 Å². The molecule has 0 radical (unpaired) electrons. The lowest BCUT2D eigenvalue weighted by molar-refractivity contribution is -0.385. The predicted molar refractivity (Wildman–Crippen MR) is 79.7 cm³/mol. The third kappa shape index (κ3) is 4.47. The topological polar surface area (TPSA) is 64.4 Å². The molecule has 0 saturated carbocycles. The van der Waals surface area contributed by atoms with Gasteiger partial charge in [0.25, 0.3) is 5.69 Å². The average molecular weight is 331 g/mol. The maximum Gasteiger partial charge on any atom is 0.273 e. The summed E-state index contributed by atoms with van der Waals surface area (Å²) in [6, 6.07) is 3.29. The number of nitrogens with one attached hydrogen (secondary N) is 1. The van der Waals surface area contributed by atoms with Gasteiger partial charge in [0.15, 0.2) is 0 Å². The summed E-state index contributed by atoms with van der Waals surface area (Å²) in [6.07, 6.45) is 0. The molecule has 0 unspecified atom stereocenters. The highest BCUT2D eigenvalue weighted by Gasteiger charge is 2.19. The molecular formula is C13H19BrN2O3. The molecule has 0 saturated heterocycles. The van der Waals surface area contributed by atoms with Gasteiger partial charge in [0.2, 0.25) is 0 Å². The fourth-order valence-corrected chi connectivity index (χ4v) is 2.22. The van der Waals surface area contributed by atoms with Gasteiger partial charge in [-0.25, -0.2) is 0 Å². The molecule has 0 spiro atoms. The number of anilines is 1. The summed E-state index contributed by atoms with van der Waals surface area (Å²) >= 11 is 3.35. The molecule has 0 heterocycles. The van der Waals surface area contributed by atoms with Crippen molar-refractivity contribution in [1.29, 1.82) is 0 Å². The van der Waals surface area contributed by atoms with Crippen molar-refractivity contribution in [3.63, 3.8) is 0 Å². The number of ether oxygens (including phenoxy) is 1. The van der Waals surface area contributed by atoms with E-state index in [4.69, 9.17) is 4.74 Å². The van der Waals surface area contributed by atoms with Crippen LogP contribution in [0.2, 0.25) is 0 Å². The van der Waals surface area contributed by atoms with Crippen LogP contribution < -0.4 is 5.32 Å². The molecule has 0 fully saturated rings. The molecule has 6 heteroatoms. The van der Waals surface area contributed by atoms with E-state index < -0.39 is 0 Å². The maximum absolute atomic E-state index is 10.8. The number of nitrogens with zero attached hydrogens (tertiary/aromatic N) is 1. The van der Waals surface area contributed by atoms with Gasteiger partial charge in [-0.1, -0.05) is 0 Å². The van der Waals surface area contributed by atoms with E-state index >= 15 is 0 Å². The summed E-state index contributed by atoms with van der Waals surface area (Å²) < 4.78 is 6.27. The Morgan fingerprint density at radius 2 is 2.11 bits per heavy atom. The second kappa shape index (κ2) is 6.34. The first-order valence-electron chi connectivity index (χ1n) is 6.09. The number of rotatable bonds is 6. The van der Waals surface area contributed by atoms with Crippen LogP contribution in [0.15, 0.2) is 16.6 Å². The quantitative estimate of drug-likeness (QED) is 0.634. The summed E-state index contributed by atoms with van der Waals surface area (Å²) in [5, 5.41) is 14.1. The van der Waals surface area contributed by atoms with Gasteiger partial charge in [0.1, 0.15) is 0 Å². The molecule has 1 rings (SSSR count). The van der Waals surface area contributed by atoms with Crippen LogP contribution in [0.1, 0.15) is 26.3 Å². The van der Waals surface area contributed by atoms with Crippen molar-refractivity contribution in [2.75, 3.05) is 18.5 Å². The minimum Gasteiger partial charge on any atom is -0.381 e. The van der Waals surface area contributed by atoms with Crippen LogP contribution in [0.3, 0.4) is 0 Å². The first-order valence-corrected chi connectivity index (χ1v) is 6.88. The second-order valence-electron chi connectivity index (χ2n) is 4.92. The molecule has 1 N–H and O–H groups in total. The van der Waals surface area contributed by atoms with Gasteiger partial charge in [0, 0.05) is 34.9 Å². The predicted octanol–water partition coefficient (Wildman–Crippen LogP) is 3.89. The van der Waals surface area contributed by atoms with E-state index in [1.807, 2.05) is 20.8 Å². The molecule has 0 aliphatic rings. The zero-order valence-electron chi connectivity index (χ0n) is 11.6. The maximum atomic E-state index is 10.8. The van der Waals surface area contributed by atoms with Gasteiger partial charge < -0.3 is 10.1 Å². The van der Waals surface area contributed by atoms with Crippen LogP contribution in [0.5, 0.6) is 0 Å². The first kappa shape index (κ1) is 15.9. The summed E-state index contributed by atoms with van der Waals surface area (Å²) in [5.41, 5.74) is 1.28. The summed E-state index contributed by atoms with van der Waals surface area (Å²) in [7, 11) is 0. The summed E-state index contributed by atoms with van der Waals surface area (Å²) in [4.78, 5) is 10.5. The van der Waals surface area contributed by atoms with Crippen LogP contribution >= 0.6 is 15.9 Å². The molecule has 106 valence electrons. The fourth-order valence-electron chi connectivity index (χ4n) is 1.75. The highest BCUT2D eigenvalue weighted by Crippen LogP contribution is 2.31. The highest BCUT2D eigenvalue weighted by atomic mass is 79.9. The number of aryl methyl sites for hydroxylation is 1. The Hall–Kier alpha value is -1.14. The van der Waals surface area contributed by atoms with Crippen LogP contribution in [-0.4, -0.2) is 23.7 Å². The molecular weight excluding hydrogens is 312 g/mol. The molecule has 0 aliphatic heterocycles. The van der Waals surface area contributed by atoms with Crippen molar-refractivity contribution in [3.8, 4) is 0 Å². The molecule has 19 heavy (non-hydrogen) atoms. The van der Waals surface area contributed by atoms with E-state index in [2.05, 4.69) is 21.2 Å². The van der Waals surface area contributed by atoms with E-state index in [1.54, 1.807) is 13.0 Å². The zero-order valence-corrected chi connectivity index (χ0v) is 13.2. The zero-order chi connectivity index (χ0) is 14.6. The minimum atomic E-state index is -0.381. The van der Waals surface area contributed by atoms with E-state index in [0.717, 1.165) is 5.69 Å². The third-order valence-electron chi connectivity index (χ3n) is 2.72. The molecule has 0 bridgehead atoms. The van der Waals surface area contributed by atoms with Gasteiger partial charge in [-0.2, -0.15) is 0 Å². The Kier molecular flexibility index (Phi) is 5.31. The average Bonchev–Trinajstić information content (AvgIpc) is 2.29. The van der Waals surface area contributed by atoms with E-state index in [-0.39, 0.29) is 16.2 Å². The monoisotopic (exact) mass is 330 g/mol. The number of halogens is 1. The molecule has 1 aromatic rings. The summed E-state index contributed by atoms with van der Waals surface area (Å²) in [5.74, 6) is 0. The van der Waals surface area contributed by atoms with Gasteiger partial charge in [-0.3, -0.25) is 10.1 Å². The fraction of sp³-hybridized carbons (Fsp3) is 0.538. The second-order valence-corrected chi connectivity index (χ2v) is 5.78. The standard InChI is InChI=1S/C13H19BrN2O3/c1-5-19-13(3,4)8-15-11-6-9(2)12(16(17)18)7-10(11)14/h6-7,15H,5,8H2,1-4H3. The summed E-state index contributed by atoms with van der Waals surface area (Å²) in [6.45, 7) is 8.94. The largest absolute Gasteiger partial charge is 0.381 e. The van der Waals surface area contributed by atoms with Crippen LogP contribution in [-0.2, 0) is 4.74 Å². The van der Waals surface area contributed by atoms with E-state index in [0.29, 0.717) is 23.2 Å². The third-order valence-corrected chi connectivity index (χ3v) is 3.38. The number of hydrogen-bond acceptors (Lipinski definition) is 4. The smallest absolute Gasteiger partial charge is 0.273 e. The number of nitro benzene ring substituents is 1. The highest BCUT2D eigenvalue weighted by molar-refractivity contribution is 9.10.